The number of nitro benzene ring substituents is 1. The summed E-state index contributed by atoms with van der Waals surface area (Å²) in [5.74, 6) is -0.238. The number of amides is 1. The van der Waals surface area contributed by atoms with Crippen molar-refractivity contribution in [3.63, 3.8) is 0 Å². The maximum Gasteiger partial charge on any atom is 0.292 e. The minimum Gasteiger partial charge on any atom is -0.393 e. The molecule has 0 unspecified atom stereocenters. The third-order valence-electron chi connectivity index (χ3n) is 3.95. The molecule has 0 radical (unpaired) electrons. The fourth-order valence-corrected chi connectivity index (χ4v) is 2.72. The normalized spacial score (nSPS) is 15.8. The van der Waals surface area contributed by atoms with Crippen LogP contribution in [-0.2, 0) is 0 Å². The van der Waals surface area contributed by atoms with Crippen molar-refractivity contribution in [2.75, 3.05) is 12.8 Å². The lowest BCUT2D eigenvalue weighted by molar-refractivity contribution is -0.383. The Kier molecular flexibility index (Phi) is 4.22. The molecule has 1 fully saturated rings. The number of nitrogen functional groups attached to an aromatic ring is 1. The molecule has 2 rings (SSSR count). The van der Waals surface area contributed by atoms with E-state index in [4.69, 9.17) is 5.73 Å². The number of nitrogens with zero attached hydrogens (tertiary/aromatic N) is 2. The van der Waals surface area contributed by atoms with Gasteiger partial charge in [-0.2, -0.15) is 0 Å². The van der Waals surface area contributed by atoms with Crippen LogP contribution in [0.3, 0.4) is 0 Å². The third-order valence-corrected chi connectivity index (χ3v) is 3.95. The van der Waals surface area contributed by atoms with Crippen molar-refractivity contribution in [2.24, 2.45) is 0 Å². The molecule has 1 aliphatic rings. The zero-order chi connectivity index (χ0) is 14.7. The van der Waals surface area contributed by atoms with Crippen LogP contribution in [0.1, 0.15) is 42.5 Å². The maximum absolute atomic E-state index is 12.5. The molecule has 0 atom stereocenters. The van der Waals surface area contributed by atoms with Crippen LogP contribution in [0.25, 0.3) is 0 Å². The molecule has 0 heterocycles. The molecule has 20 heavy (non-hydrogen) atoms. The molecule has 0 saturated heterocycles. The maximum atomic E-state index is 12.5. The first-order chi connectivity index (χ1) is 9.52. The summed E-state index contributed by atoms with van der Waals surface area (Å²) in [5, 5.41) is 10.9. The van der Waals surface area contributed by atoms with Gasteiger partial charge in [-0.25, -0.2) is 0 Å². The summed E-state index contributed by atoms with van der Waals surface area (Å²) in [4.78, 5) is 24.4. The van der Waals surface area contributed by atoms with Crippen molar-refractivity contribution in [1.29, 1.82) is 0 Å². The molecule has 108 valence electrons. The summed E-state index contributed by atoms with van der Waals surface area (Å²) >= 11 is 0. The van der Waals surface area contributed by atoms with E-state index < -0.39 is 4.92 Å². The van der Waals surface area contributed by atoms with Crippen LogP contribution >= 0.6 is 0 Å². The first-order valence-corrected chi connectivity index (χ1v) is 6.82. The highest BCUT2D eigenvalue weighted by molar-refractivity contribution is 6.01. The molecular weight excluding hydrogens is 258 g/mol. The second-order valence-electron chi connectivity index (χ2n) is 5.20. The number of benzene rings is 1. The average molecular weight is 277 g/mol. The van der Waals surface area contributed by atoms with E-state index >= 15 is 0 Å². The number of carbonyl (C=O) groups is 1. The first-order valence-electron chi connectivity index (χ1n) is 6.82. The van der Waals surface area contributed by atoms with E-state index in [1.54, 1.807) is 18.0 Å². The molecule has 0 bridgehead atoms. The number of hydrogen-bond donors (Lipinski definition) is 1. The van der Waals surface area contributed by atoms with E-state index in [2.05, 4.69) is 0 Å². The van der Waals surface area contributed by atoms with Gasteiger partial charge in [0.15, 0.2) is 0 Å². The lowest BCUT2D eigenvalue weighted by atomic mass is 9.94. The zero-order valence-corrected chi connectivity index (χ0v) is 11.5. The molecule has 0 spiro atoms. The van der Waals surface area contributed by atoms with E-state index in [-0.39, 0.29) is 28.9 Å². The Hall–Kier alpha value is -2.11. The van der Waals surface area contributed by atoms with Gasteiger partial charge < -0.3 is 10.6 Å². The standard InChI is InChI=1S/C14H19N3O3/c1-16(10-6-3-2-4-7-10)14(18)11-8-5-9-12(13(11)15)17(19)20/h5,8-10H,2-4,6-7,15H2,1H3. The van der Waals surface area contributed by atoms with Gasteiger partial charge in [0.2, 0.25) is 0 Å². The van der Waals surface area contributed by atoms with E-state index in [0.717, 1.165) is 25.7 Å². The van der Waals surface area contributed by atoms with E-state index in [1.807, 2.05) is 0 Å². The van der Waals surface area contributed by atoms with Crippen molar-refractivity contribution in [1.82, 2.24) is 4.90 Å². The van der Waals surface area contributed by atoms with Crippen LogP contribution in [0.2, 0.25) is 0 Å². The van der Waals surface area contributed by atoms with Gasteiger partial charge in [-0.15, -0.1) is 0 Å². The first kappa shape index (κ1) is 14.3. The molecular formula is C14H19N3O3. The van der Waals surface area contributed by atoms with Crippen molar-refractivity contribution in [2.45, 2.75) is 38.1 Å². The Morgan fingerprint density at radius 3 is 2.60 bits per heavy atom. The minimum atomic E-state index is -0.563. The van der Waals surface area contributed by atoms with Crippen LogP contribution in [-0.4, -0.2) is 28.8 Å². The molecule has 6 nitrogen and oxygen atoms in total. The van der Waals surface area contributed by atoms with Crippen LogP contribution < -0.4 is 5.73 Å². The predicted octanol–water partition coefficient (Wildman–Crippen LogP) is 2.58. The van der Waals surface area contributed by atoms with E-state index in [0.29, 0.717) is 0 Å². The number of hydrogen-bond acceptors (Lipinski definition) is 4. The Morgan fingerprint density at radius 1 is 1.35 bits per heavy atom. The number of nitro groups is 1. The number of carbonyl (C=O) groups excluding carboxylic acids is 1. The van der Waals surface area contributed by atoms with Crippen LogP contribution in [0, 0.1) is 10.1 Å². The number of rotatable bonds is 3. The van der Waals surface area contributed by atoms with Gasteiger partial charge >= 0.3 is 0 Å². The smallest absolute Gasteiger partial charge is 0.292 e. The summed E-state index contributed by atoms with van der Waals surface area (Å²) in [5.41, 5.74) is 5.71. The molecule has 1 aliphatic carbocycles. The molecule has 1 saturated carbocycles. The van der Waals surface area contributed by atoms with Crippen LogP contribution in [0.15, 0.2) is 18.2 Å². The third kappa shape index (κ3) is 2.74. The van der Waals surface area contributed by atoms with Gasteiger partial charge in [0, 0.05) is 19.2 Å². The fourth-order valence-electron chi connectivity index (χ4n) is 2.72. The molecule has 0 aliphatic heterocycles. The van der Waals surface area contributed by atoms with Gasteiger partial charge in [0.1, 0.15) is 5.69 Å². The van der Waals surface area contributed by atoms with E-state index in [9.17, 15) is 14.9 Å². The summed E-state index contributed by atoms with van der Waals surface area (Å²) < 4.78 is 0. The Bertz CT molecular complexity index is 524. The molecule has 6 heteroatoms. The lowest BCUT2D eigenvalue weighted by Gasteiger charge is -2.31. The highest BCUT2D eigenvalue weighted by atomic mass is 16.6. The monoisotopic (exact) mass is 277 g/mol. The zero-order valence-electron chi connectivity index (χ0n) is 11.5. The Morgan fingerprint density at radius 2 is 2.00 bits per heavy atom. The van der Waals surface area contributed by atoms with Crippen molar-refractivity contribution >= 4 is 17.3 Å². The highest BCUT2D eigenvalue weighted by Gasteiger charge is 2.26. The van der Waals surface area contributed by atoms with Gasteiger partial charge in [-0.1, -0.05) is 25.3 Å². The summed E-state index contributed by atoms with van der Waals surface area (Å²) in [6.45, 7) is 0. The number of para-hydroxylation sites is 1. The van der Waals surface area contributed by atoms with Crippen molar-refractivity contribution in [3.05, 3.63) is 33.9 Å². The van der Waals surface area contributed by atoms with Crippen molar-refractivity contribution in [3.8, 4) is 0 Å². The average Bonchev–Trinajstić information content (AvgIpc) is 2.46. The minimum absolute atomic E-state index is 0.0508. The van der Waals surface area contributed by atoms with Gasteiger partial charge in [-0.3, -0.25) is 14.9 Å². The number of anilines is 1. The SMILES string of the molecule is CN(C(=O)c1cccc([N+](=O)[O-])c1N)C1CCCCC1. The molecule has 1 amide bonds. The van der Waals surface area contributed by atoms with Crippen LogP contribution in [0.4, 0.5) is 11.4 Å². The second kappa shape index (κ2) is 5.90. The summed E-state index contributed by atoms with van der Waals surface area (Å²) in [7, 11) is 1.75. The van der Waals surface area contributed by atoms with E-state index in [1.165, 1.54) is 18.6 Å². The predicted molar refractivity (Wildman–Crippen MR) is 76.5 cm³/mol. The Labute approximate surface area is 117 Å². The van der Waals surface area contributed by atoms with Gasteiger partial charge in [-0.05, 0) is 18.9 Å². The topological polar surface area (TPSA) is 89.5 Å². The molecule has 2 N–H and O–H groups in total. The lowest BCUT2D eigenvalue weighted by Crippen LogP contribution is -2.38. The van der Waals surface area contributed by atoms with Crippen LogP contribution in [0.5, 0.6) is 0 Å². The molecule has 1 aromatic rings. The fraction of sp³-hybridized carbons (Fsp3) is 0.500. The Balaban J connectivity index is 2.24. The van der Waals surface area contributed by atoms with Gasteiger partial charge in [0.25, 0.3) is 11.6 Å². The van der Waals surface area contributed by atoms with Gasteiger partial charge in [0.05, 0.1) is 10.5 Å². The quantitative estimate of drug-likeness (QED) is 0.522. The number of nitrogens with two attached hydrogens (primary N) is 1. The molecule has 0 aromatic heterocycles. The van der Waals surface area contributed by atoms with Crippen molar-refractivity contribution < 1.29 is 9.72 Å². The highest BCUT2D eigenvalue weighted by Crippen LogP contribution is 2.28. The summed E-state index contributed by atoms with van der Waals surface area (Å²) in [6.07, 6.45) is 5.41. The molecule has 1 aromatic carbocycles. The summed E-state index contributed by atoms with van der Waals surface area (Å²) in [6, 6.07) is 4.56. The largest absolute Gasteiger partial charge is 0.393 e. The second-order valence-corrected chi connectivity index (χ2v) is 5.20.